The highest BCUT2D eigenvalue weighted by molar-refractivity contribution is 5.93. The van der Waals surface area contributed by atoms with Gasteiger partial charge in [0, 0.05) is 6.07 Å². The third-order valence-corrected chi connectivity index (χ3v) is 2.28. The lowest BCUT2D eigenvalue weighted by Gasteiger charge is -2.10. The maximum absolute atomic E-state index is 10.9. The van der Waals surface area contributed by atoms with Crippen molar-refractivity contribution in [3.63, 3.8) is 0 Å². The van der Waals surface area contributed by atoms with E-state index in [0.717, 1.165) is 12.1 Å². The highest BCUT2D eigenvalue weighted by Crippen LogP contribution is 2.34. The number of rotatable bonds is 7. The maximum atomic E-state index is 10.9. The van der Waals surface area contributed by atoms with Crippen molar-refractivity contribution in [2.45, 2.75) is 6.42 Å². The molecule has 9 nitrogen and oxygen atoms in total. The molecule has 1 aromatic rings. The number of nitro groups is 1. The molecule has 9 heteroatoms. The number of ether oxygens (including phenoxy) is 2. The van der Waals surface area contributed by atoms with Crippen LogP contribution >= 0.6 is 0 Å². The van der Waals surface area contributed by atoms with Crippen molar-refractivity contribution in [1.29, 1.82) is 0 Å². The summed E-state index contributed by atoms with van der Waals surface area (Å²) >= 11 is 0. The van der Waals surface area contributed by atoms with E-state index in [-0.39, 0.29) is 24.5 Å². The highest BCUT2D eigenvalue weighted by atomic mass is 16.6. The fraction of sp³-hybridized carbons (Fsp3) is 0.273. The van der Waals surface area contributed by atoms with E-state index >= 15 is 0 Å². The van der Waals surface area contributed by atoms with Crippen molar-refractivity contribution in [2.75, 3.05) is 13.7 Å². The predicted octanol–water partition coefficient (Wildman–Crippen LogP) is 1.16. The number of nitro benzene ring substituents is 1. The van der Waals surface area contributed by atoms with Crippen LogP contribution in [-0.2, 0) is 4.79 Å². The van der Waals surface area contributed by atoms with Crippen molar-refractivity contribution in [2.24, 2.45) is 0 Å². The largest absolute Gasteiger partial charge is 0.493 e. The summed E-state index contributed by atoms with van der Waals surface area (Å²) in [6, 6.07) is 1.85. The van der Waals surface area contributed by atoms with E-state index in [1.54, 1.807) is 0 Å². The molecule has 1 aromatic carbocycles. The Morgan fingerprint density at radius 2 is 1.95 bits per heavy atom. The van der Waals surface area contributed by atoms with Gasteiger partial charge in [-0.2, -0.15) is 0 Å². The lowest BCUT2D eigenvalue weighted by molar-refractivity contribution is -0.385. The first kappa shape index (κ1) is 15.2. The number of nitrogens with zero attached hydrogens (tertiary/aromatic N) is 1. The van der Waals surface area contributed by atoms with Gasteiger partial charge >= 0.3 is 11.9 Å². The fourth-order valence-corrected chi connectivity index (χ4v) is 1.39. The van der Waals surface area contributed by atoms with E-state index in [9.17, 15) is 19.7 Å². The second kappa shape index (κ2) is 6.36. The standard InChI is InChI=1S/C11H11NO8/c1-19-8-4-6(11(15)16)7(12(17)18)5-9(8)20-3-2-10(13)14/h4-5H,2-3H2,1H3,(H,13,14)(H,15,16). The lowest BCUT2D eigenvalue weighted by Crippen LogP contribution is -2.08. The molecule has 0 amide bonds. The van der Waals surface area contributed by atoms with Crippen LogP contribution in [0.25, 0.3) is 0 Å². The van der Waals surface area contributed by atoms with E-state index in [4.69, 9.17) is 19.7 Å². The number of benzene rings is 1. The minimum Gasteiger partial charge on any atom is -0.493 e. The number of hydrogen-bond donors (Lipinski definition) is 2. The van der Waals surface area contributed by atoms with Gasteiger partial charge < -0.3 is 19.7 Å². The normalized spacial score (nSPS) is 9.85. The smallest absolute Gasteiger partial charge is 0.342 e. The first-order chi connectivity index (χ1) is 9.36. The van der Waals surface area contributed by atoms with Crippen LogP contribution < -0.4 is 9.47 Å². The van der Waals surface area contributed by atoms with Gasteiger partial charge in [-0.25, -0.2) is 4.79 Å². The Hall–Kier alpha value is -2.84. The summed E-state index contributed by atoms with van der Waals surface area (Å²) in [7, 11) is 1.23. The Labute approximate surface area is 112 Å². The zero-order chi connectivity index (χ0) is 15.3. The quantitative estimate of drug-likeness (QED) is 0.562. The summed E-state index contributed by atoms with van der Waals surface area (Å²) in [5, 5.41) is 28.2. The van der Waals surface area contributed by atoms with Crippen LogP contribution in [-0.4, -0.2) is 40.8 Å². The zero-order valence-electron chi connectivity index (χ0n) is 10.4. The van der Waals surface area contributed by atoms with Crippen molar-refractivity contribution < 1.29 is 34.2 Å². The summed E-state index contributed by atoms with van der Waals surface area (Å²) in [6.07, 6.45) is -0.308. The molecule has 0 fully saturated rings. The average Bonchev–Trinajstić information content (AvgIpc) is 2.37. The maximum Gasteiger partial charge on any atom is 0.342 e. The molecule has 20 heavy (non-hydrogen) atoms. The van der Waals surface area contributed by atoms with Crippen molar-refractivity contribution in [3.05, 3.63) is 27.8 Å². The molecule has 0 heterocycles. The van der Waals surface area contributed by atoms with Crippen LogP contribution in [0.15, 0.2) is 12.1 Å². The second-order valence-electron chi connectivity index (χ2n) is 3.57. The Morgan fingerprint density at radius 3 is 2.40 bits per heavy atom. The van der Waals surface area contributed by atoms with Gasteiger partial charge in [0.1, 0.15) is 5.56 Å². The molecular formula is C11H11NO8. The van der Waals surface area contributed by atoms with Gasteiger partial charge in [-0.3, -0.25) is 14.9 Å². The van der Waals surface area contributed by atoms with Gasteiger partial charge in [0.15, 0.2) is 11.5 Å². The number of aromatic carboxylic acids is 1. The topological polar surface area (TPSA) is 136 Å². The van der Waals surface area contributed by atoms with Crippen molar-refractivity contribution in [1.82, 2.24) is 0 Å². The molecule has 2 N–H and O–H groups in total. The SMILES string of the molecule is COc1cc(C(=O)O)c([N+](=O)[O-])cc1OCCC(=O)O. The molecule has 0 aliphatic rings. The second-order valence-corrected chi connectivity index (χ2v) is 3.57. The first-order valence-corrected chi connectivity index (χ1v) is 5.31. The van der Waals surface area contributed by atoms with Gasteiger partial charge in [0.25, 0.3) is 5.69 Å². The molecular weight excluding hydrogens is 274 g/mol. The lowest BCUT2D eigenvalue weighted by atomic mass is 10.1. The number of hydrogen-bond acceptors (Lipinski definition) is 6. The minimum atomic E-state index is -1.48. The van der Waals surface area contributed by atoms with Crippen molar-refractivity contribution >= 4 is 17.6 Å². The minimum absolute atomic E-state index is 0.0293. The Kier molecular flexibility index (Phi) is 4.84. The Morgan fingerprint density at radius 1 is 1.30 bits per heavy atom. The molecule has 0 saturated heterocycles. The third kappa shape index (κ3) is 3.57. The molecule has 0 atom stereocenters. The summed E-state index contributed by atoms with van der Waals surface area (Å²) in [5.74, 6) is -2.70. The predicted molar refractivity (Wildman–Crippen MR) is 64.4 cm³/mol. The monoisotopic (exact) mass is 285 g/mol. The van der Waals surface area contributed by atoms with Crippen LogP contribution in [0.3, 0.4) is 0 Å². The van der Waals surface area contributed by atoms with E-state index in [1.807, 2.05) is 0 Å². The molecule has 0 aliphatic heterocycles. The summed E-state index contributed by atoms with van der Waals surface area (Å²) in [6.45, 7) is -0.227. The van der Waals surface area contributed by atoms with Crippen LogP contribution in [0.4, 0.5) is 5.69 Å². The fourth-order valence-electron chi connectivity index (χ4n) is 1.39. The Balaban J connectivity index is 3.16. The number of methoxy groups -OCH3 is 1. The van der Waals surface area contributed by atoms with Gasteiger partial charge in [0.2, 0.25) is 0 Å². The average molecular weight is 285 g/mol. The number of carboxylic acid groups (broad SMARTS) is 2. The zero-order valence-corrected chi connectivity index (χ0v) is 10.4. The van der Waals surface area contributed by atoms with Crippen LogP contribution in [0.2, 0.25) is 0 Å². The molecule has 108 valence electrons. The molecule has 0 spiro atoms. The number of carboxylic acids is 2. The van der Waals surface area contributed by atoms with E-state index in [0.29, 0.717) is 0 Å². The molecule has 0 radical (unpaired) electrons. The molecule has 1 rings (SSSR count). The van der Waals surface area contributed by atoms with E-state index in [1.165, 1.54) is 7.11 Å². The summed E-state index contributed by atoms with van der Waals surface area (Å²) in [5.41, 5.74) is -1.21. The van der Waals surface area contributed by atoms with Gasteiger partial charge in [-0.15, -0.1) is 0 Å². The van der Waals surface area contributed by atoms with Crippen LogP contribution in [0, 0.1) is 10.1 Å². The van der Waals surface area contributed by atoms with Crippen LogP contribution in [0.5, 0.6) is 11.5 Å². The molecule has 0 aromatic heterocycles. The van der Waals surface area contributed by atoms with E-state index in [2.05, 4.69) is 0 Å². The van der Waals surface area contributed by atoms with Crippen molar-refractivity contribution in [3.8, 4) is 11.5 Å². The third-order valence-electron chi connectivity index (χ3n) is 2.28. The molecule has 0 bridgehead atoms. The van der Waals surface area contributed by atoms with Gasteiger partial charge in [-0.05, 0) is 0 Å². The van der Waals surface area contributed by atoms with Gasteiger partial charge in [0.05, 0.1) is 31.1 Å². The number of aliphatic carboxylic acids is 1. The number of carbonyl (C=O) groups is 2. The summed E-state index contributed by atoms with van der Waals surface area (Å²) < 4.78 is 9.93. The molecule has 0 aliphatic carbocycles. The van der Waals surface area contributed by atoms with E-state index < -0.39 is 28.1 Å². The Bertz CT molecular complexity index is 554. The van der Waals surface area contributed by atoms with Crippen LogP contribution in [0.1, 0.15) is 16.8 Å². The molecule has 0 unspecified atom stereocenters. The summed E-state index contributed by atoms with van der Waals surface area (Å²) in [4.78, 5) is 31.2. The molecule has 0 saturated carbocycles. The first-order valence-electron chi connectivity index (χ1n) is 5.31. The highest BCUT2D eigenvalue weighted by Gasteiger charge is 2.24. The van der Waals surface area contributed by atoms with Gasteiger partial charge in [-0.1, -0.05) is 0 Å².